The summed E-state index contributed by atoms with van der Waals surface area (Å²) >= 11 is 6.45. The molecule has 0 unspecified atom stereocenters. The summed E-state index contributed by atoms with van der Waals surface area (Å²) in [4.78, 5) is 10.9. The summed E-state index contributed by atoms with van der Waals surface area (Å²) in [5.74, 6) is 0.143. The van der Waals surface area contributed by atoms with Crippen molar-refractivity contribution in [3.8, 4) is 5.75 Å². The van der Waals surface area contributed by atoms with E-state index in [4.69, 9.17) is 4.74 Å². The fourth-order valence-electron chi connectivity index (χ4n) is 1.35. The molecule has 2 rings (SSSR count). The monoisotopic (exact) mass is 371 g/mol. The maximum atomic E-state index is 10.9. The number of nitrogens with one attached hydrogen (secondary N) is 1. The molecule has 88 valence electrons. The lowest BCUT2D eigenvalue weighted by Gasteiger charge is -2.10. The van der Waals surface area contributed by atoms with E-state index in [2.05, 4.69) is 37.2 Å². The molecular weight excluding hydrogens is 365 g/mol. The van der Waals surface area contributed by atoms with Crippen LogP contribution in [0.15, 0.2) is 21.1 Å². The smallest absolute Gasteiger partial charge is 0.407 e. The minimum Gasteiger partial charge on any atom is -0.506 e. The zero-order chi connectivity index (χ0) is 11.0. The third kappa shape index (κ3) is 2.61. The van der Waals surface area contributed by atoms with Crippen LogP contribution in [0.5, 0.6) is 5.75 Å². The van der Waals surface area contributed by atoms with E-state index < -0.39 is 6.09 Å². The van der Waals surface area contributed by atoms with Crippen LogP contribution in [0.2, 0.25) is 0 Å². The standard InChI is InChI=1S/C9H7Br2NO3.ClH/c10-5-1-4(2-6(11)8(5)13)7-3-15-9(14)12-7;/h1-2,7,13H,3H2,(H,12,14);1H/t7-;/m1./s1. The highest BCUT2D eigenvalue weighted by molar-refractivity contribution is 9.11. The van der Waals surface area contributed by atoms with Crippen LogP contribution in [0.25, 0.3) is 0 Å². The van der Waals surface area contributed by atoms with E-state index in [0.29, 0.717) is 15.6 Å². The molecule has 2 N–H and O–H groups in total. The number of hydrogen-bond acceptors (Lipinski definition) is 3. The van der Waals surface area contributed by atoms with Crippen molar-refractivity contribution in [2.45, 2.75) is 6.04 Å². The second kappa shape index (κ2) is 5.25. The molecule has 1 saturated heterocycles. The molecule has 7 heteroatoms. The van der Waals surface area contributed by atoms with E-state index in [-0.39, 0.29) is 24.2 Å². The van der Waals surface area contributed by atoms with Gasteiger partial charge in [0.25, 0.3) is 0 Å². The molecule has 1 aliphatic heterocycles. The first-order chi connectivity index (χ1) is 7.08. The van der Waals surface area contributed by atoms with Crippen LogP contribution in [-0.2, 0) is 4.74 Å². The predicted molar refractivity (Wildman–Crippen MR) is 68.0 cm³/mol. The Balaban J connectivity index is 0.00000128. The summed E-state index contributed by atoms with van der Waals surface area (Å²) < 4.78 is 5.94. The van der Waals surface area contributed by atoms with Crippen molar-refractivity contribution in [1.82, 2.24) is 5.32 Å². The third-order valence-corrected chi connectivity index (χ3v) is 3.32. The van der Waals surface area contributed by atoms with Gasteiger partial charge < -0.3 is 15.2 Å². The van der Waals surface area contributed by atoms with Crippen molar-refractivity contribution in [2.75, 3.05) is 6.61 Å². The van der Waals surface area contributed by atoms with Gasteiger partial charge in [0.15, 0.2) is 0 Å². The molecule has 0 aromatic heterocycles. The van der Waals surface area contributed by atoms with E-state index in [9.17, 15) is 9.90 Å². The largest absolute Gasteiger partial charge is 0.506 e. The molecule has 0 aliphatic carbocycles. The molecule has 16 heavy (non-hydrogen) atoms. The molecule has 1 fully saturated rings. The average molecular weight is 373 g/mol. The van der Waals surface area contributed by atoms with Gasteiger partial charge in [0.2, 0.25) is 0 Å². The Bertz CT molecular complexity index is 404. The van der Waals surface area contributed by atoms with Crippen molar-refractivity contribution in [1.29, 1.82) is 0 Å². The summed E-state index contributed by atoms with van der Waals surface area (Å²) in [5.41, 5.74) is 0.873. The van der Waals surface area contributed by atoms with Crippen LogP contribution < -0.4 is 5.32 Å². The van der Waals surface area contributed by atoms with Crippen molar-refractivity contribution in [3.63, 3.8) is 0 Å². The molecule has 0 saturated carbocycles. The lowest BCUT2D eigenvalue weighted by Crippen LogP contribution is -2.18. The highest BCUT2D eigenvalue weighted by atomic mass is 79.9. The molecule has 1 aromatic carbocycles. The van der Waals surface area contributed by atoms with Crippen molar-refractivity contribution in [3.05, 3.63) is 26.6 Å². The van der Waals surface area contributed by atoms with Crippen LogP contribution in [0.3, 0.4) is 0 Å². The van der Waals surface area contributed by atoms with Crippen LogP contribution in [0, 0.1) is 0 Å². The minimum absolute atomic E-state index is 0. The molecule has 1 heterocycles. The second-order valence-corrected chi connectivity index (χ2v) is 4.84. The van der Waals surface area contributed by atoms with Gasteiger partial charge in [0.05, 0.1) is 15.0 Å². The molecule has 0 bridgehead atoms. The maximum Gasteiger partial charge on any atom is 0.407 e. The van der Waals surface area contributed by atoms with Gasteiger partial charge in [-0.25, -0.2) is 4.79 Å². The molecule has 1 amide bonds. The predicted octanol–water partition coefficient (Wildman–Crippen LogP) is 3.12. The Hall–Kier alpha value is -0.460. The van der Waals surface area contributed by atoms with Crippen LogP contribution in [-0.4, -0.2) is 17.8 Å². The fourth-order valence-corrected chi connectivity index (χ4v) is 2.57. The topological polar surface area (TPSA) is 58.6 Å². The van der Waals surface area contributed by atoms with Crippen LogP contribution in [0.1, 0.15) is 11.6 Å². The number of carbonyl (C=O) groups excluding carboxylic acids is 1. The SMILES string of the molecule is Cl.O=C1N[C@@H](c2cc(Br)c(O)c(Br)c2)CO1. The molecule has 1 aromatic rings. The molecule has 1 aliphatic rings. The van der Waals surface area contributed by atoms with Gasteiger partial charge in [0.1, 0.15) is 12.4 Å². The quantitative estimate of drug-likeness (QED) is 0.795. The first kappa shape index (κ1) is 13.6. The van der Waals surface area contributed by atoms with Gasteiger partial charge in [-0.05, 0) is 49.6 Å². The van der Waals surface area contributed by atoms with E-state index in [1.165, 1.54) is 0 Å². The molecule has 1 atom stereocenters. The zero-order valence-corrected chi connectivity index (χ0v) is 11.9. The van der Waals surface area contributed by atoms with Crippen molar-refractivity contribution >= 4 is 50.4 Å². The first-order valence-corrected chi connectivity index (χ1v) is 5.77. The lowest BCUT2D eigenvalue weighted by molar-refractivity contribution is 0.177. The number of cyclic esters (lactones) is 1. The number of hydrogen-bond donors (Lipinski definition) is 2. The summed E-state index contributed by atoms with van der Waals surface area (Å²) in [5, 5.41) is 12.2. The number of alkyl carbamates (subject to hydrolysis) is 1. The van der Waals surface area contributed by atoms with E-state index in [1.54, 1.807) is 12.1 Å². The Labute approximate surface area is 115 Å². The number of benzene rings is 1. The van der Waals surface area contributed by atoms with Gasteiger partial charge in [-0.2, -0.15) is 0 Å². The summed E-state index contributed by atoms with van der Waals surface area (Å²) in [6.45, 7) is 0.308. The number of rotatable bonds is 1. The van der Waals surface area contributed by atoms with E-state index in [0.717, 1.165) is 5.56 Å². The summed E-state index contributed by atoms with van der Waals surface area (Å²) in [7, 11) is 0. The summed E-state index contributed by atoms with van der Waals surface area (Å²) in [6.07, 6.45) is -0.416. The lowest BCUT2D eigenvalue weighted by atomic mass is 10.1. The van der Waals surface area contributed by atoms with Crippen molar-refractivity contribution < 1.29 is 14.6 Å². The van der Waals surface area contributed by atoms with Gasteiger partial charge >= 0.3 is 6.09 Å². The highest BCUT2D eigenvalue weighted by Gasteiger charge is 2.24. The normalized spacial score (nSPS) is 18.6. The molecule has 0 radical (unpaired) electrons. The highest BCUT2D eigenvalue weighted by Crippen LogP contribution is 2.35. The Morgan fingerprint density at radius 1 is 1.38 bits per heavy atom. The molecule has 4 nitrogen and oxygen atoms in total. The number of carbonyl (C=O) groups is 1. The molecule has 0 spiro atoms. The average Bonchev–Trinajstić information content (AvgIpc) is 2.60. The first-order valence-electron chi connectivity index (χ1n) is 4.19. The number of phenolic OH excluding ortho intramolecular Hbond substituents is 1. The van der Waals surface area contributed by atoms with Gasteiger partial charge in [-0.1, -0.05) is 0 Å². The fraction of sp³-hybridized carbons (Fsp3) is 0.222. The Morgan fingerprint density at radius 3 is 2.38 bits per heavy atom. The maximum absolute atomic E-state index is 10.9. The number of ether oxygens (including phenoxy) is 1. The van der Waals surface area contributed by atoms with Crippen molar-refractivity contribution in [2.24, 2.45) is 0 Å². The van der Waals surface area contributed by atoms with Gasteiger partial charge in [-0.3, -0.25) is 0 Å². The number of aromatic hydroxyl groups is 1. The number of phenols is 1. The van der Waals surface area contributed by atoms with Gasteiger partial charge in [-0.15, -0.1) is 12.4 Å². The number of amides is 1. The van der Waals surface area contributed by atoms with Crippen LogP contribution >= 0.6 is 44.3 Å². The molecular formula is C9H8Br2ClNO3. The zero-order valence-electron chi connectivity index (χ0n) is 7.87. The minimum atomic E-state index is -0.416. The Kier molecular flexibility index (Phi) is 4.46. The van der Waals surface area contributed by atoms with Gasteiger partial charge in [0, 0.05) is 0 Å². The third-order valence-electron chi connectivity index (χ3n) is 2.11. The number of halogens is 3. The second-order valence-electron chi connectivity index (χ2n) is 3.13. The van der Waals surface area contributed by atoms with E-state index >= 15 is 0 Å². The Morgan fingerprint density at radius 2 is 1.94 bits per heavy atom. The van der Waals surface area contributed by atoms with E-state index in [1.807, 2.05) is 0 Å². The van der Waals surface area contributed by atoms with Crippen LogP contribution in [0.4, 0.5) is 4.79 Å². The summed E-state index contributed by atoms with van der Waals surface area (Å²) in [6, 6.07) is 3.34.